The predicted molar refractivity (Wildman–Crippen MR) is 70.1 cm³/mol. The van der Waals surface area contributed by atoms with E-state index in [1.807, 2.05) is 0 Å². The third kappa shape index (κ3) is 3.20. The molecular formula is C12H15BrN2O2. The van der Waals surface area contributed by atoms with E-state index < -0.39 is 5.97 Å². The van der Waals surface area contributed by atoms with Crippen LogP contribution >= 0.6 is 15.9 Å². The van der Waals surface area contributed by atoms with E-state index in [4.69, 9.17) is 5.11 Å². The Morgan fingerprint density at radius 1 is 1.29 bits per heavy atom. The first-order valence-electron chi connectivity index (χ1n) is 5.71. The van der Waals surface area contributed by atoms with Crippen LogP contribution in [0, 0.1) is 0 Å². The molecule has 0 saturated carbocycles. The smallest absolute Gasteiger partial charge is 0.335 e. The molecule has 0 aromatic heterocycles. The van der Waals surface area contributed by atoms with Gasteiger partial charge in [-0.1, -0.05) is 6.42 Å². The van der Waals surface area contributed by atoms with E-state index in [9.17, 15) is 4.79 Å². The van der Waals surface area contributed by atoms with Gasteiger partial charge >= 0.3 is 5.97 Å². The van der Waals surface area contributed by atoms with Gasteiger partial charge in [-0.15, -0.1) is 0 Å². The molecule has 0 atom stereocenters. The molecule has 1 aliphatic rings. The Kier molecular flexibility index (Phi) is 4.02. The minimum atomic E-state index is -0.907. The molecule has 2 N–H and O–H groups in total. The number of hydrazine groups is 1. The van der Waals surface area contributed by atoms with E-state index in [1.165, 1.54) is 19.3 Å². The minimum Gasteiger partial charge on any atom is -0.478 e. The standard InChI is InChI=1S/C12H15BrN2O2/c13-10-8-9(12(16)17)4-5-11(10)14-15-6-2-1-3-7-15/h4-5,8,14H,1-3,6-7H2,(H,16,17). The number of piperidine rings is 1. The Morgan fingerprint density at radius 3 is 2.59 bits per heavy atom. The second kappa shape index (κ2) is 5.51. The van der Waals surface area contributed by atoms with Crippen LogP contribution in [0.4, 0.5) is 5.69 Å². The lowest BCUT2D eigenvalue weighted by molar-refractivity contribution is 0.0697. The first-order chi connectivity index (χ1) is 8.16. The number of carbonyl (C=O) groups is 1. The fourth-order valence-corrected chi connectivity index (χ4v) is 2.38. The van der Waals surface area contributed by atoms with Crippen molar-refractivity contribution in [1.29, 1.82) is 0 Å². The highest BCUT2D eigenvalue weighted by molar-refractivity contribution is 9.10. The number of carboxylic acid groups (broad SMARTS) is 1. The molecule has 1 aliphatic heterocycles. The van der Waals surface area contributed by atoms with Crippen LogP contribution in [0.2, 0.25) is 0 Å². The minimum absolute atomic E-state index is 0.293. The lowest BCUT2D eigenvalue weighted by atomic mass is 10.1. The molecule has 4 nitrogen and oxygen atoms in total. The zero-order valence-corrected chi connectivity index (χ0v) is 11.0. The van der Waals surface area contributed by atoms with Crippen molar-refractivity contribution in [3.05, 3.63) is 28.2 Å². The van der Waals surface area contributed by atoms with Gasteiger partial charge in [0, 0.05) is 17.6 Å². The number of nitrogens with one attached hydrogen (secondary N) is 1. The average Bonchev–Trinajstić information content (AvgIpc) is 2.33. The van der Waals surface area contributed by atoms with Crippen molar-refractivity contribution in [3.63, 3.8) is 0 Å². The van der Waals surface area contributed by atoms with Crippen molar-refractivity contribution in [2.24, 2.45) is 0 Å². The highest BCUT2D eigenvalue weighted by Gasteiger charge is 2.12. The Morgan fingerprint density at radius 2 is 2.00 bits per heavy atom. The van der Waals surface area contributed by atoms with E-state index in [0.29, 0.717) is 5.56 Å². The number of hydrogen-bond donors (Lipinski definition) is 2. The van der Waals surface area contributed by atoms with Gasteiger partial charge in [0.15, 0.2) is 0 Å². The van der Waals surface area contributed by atoms with Gasteiger partial charge in [-0.3, -0.25) is 0 Å². The molecule has 1 saturated heterocycles. The molecule has 0 bridgehead atoms. The van der Waals surface area contributed by atoms with Gasteiger partial charge in [-0.05, 0) is 47.0 Å². The first-order valence-corrected chi connectivity index (χ1v) is 6.50. The molecule has 2 rings (SSSR count). The van der Waals surface area contributed by atoms with Crippen molar-refractivity contribution >= 4 is 27.6 Å². The highest BCUT2D eigenvalue weighted by atomic mass is 79.9. The molecule has 1 aromatic carbocycles. The van der Waals surface area contributed by atoms with Crippen LogP contribution < -0.4 is 5.43 Å². The lowest BCUT2D eigenvalue weighted by Crippen LogP contribution is -2.34. The molecule has 1 heterocycles. The summed E-state index contributed by atoms with van der Waals surface area (Å²) in [6.45, 7) is 2.07. The number of nitrogens with zero attached hydrogens (tertiary/aromatic N) is 1. The van der Waals surface area contributed by atoms with Crippen LogP contribution in [0.1, 0.15) is 29.6 Å². The predicted octanol–water partition coefficient (Wildman–Crippen LogP) is 2.96. The molecular weight excluding hydrogens is 284 g/mol. The van der Waals surface area contributed by atoms with E-state index in [0.717, 1.165) is 23.2 Å². The molecule has 0 aliphatic carbocycles. The Bertz CT molecular complexity index is 417. The third-order valence-corrected chi connectivity index (χ3v) is 3.51. The van der Waals surface area contributed by atoms with Gasteiger partial charge in [-0.2, -0.15) is 0 Å². The number of aromatic carboxylic acids is 1. The fraction of sp³-hybridized carbons (Fsp3) is 0.417. The van der Waals surface area contributed by atoms with Gasteiger partial charge in [0.25, 0.3) is 0 Å². The molecule has 1 fully saturated rings. The summed E-state index contributed by atoms with van der Waals surface area (Å²) in [4.78, 5) is 10.8. The van der Waals surface area contributed by atoms with E-state index >= 15 is 0 Å². The van der Waals surface area contributed by atoms with Crippen LogP contribution in [0.15, 0.2) is 22.7 Å². The molecule has 17 heavy (non-hydrogen) atoms. The Hall–Kier alpha value is -1.07. The molecule has 5 heteroatoms. The Labute approximate surface area is 109 Å². The van der Waals surface area contributed by atoms with Crippen molar-refractivity contribution in [1.82, 2.24) is 5.01 Å². The van der Waals surface area contributed by atoms with Gasteiger partial charge in [0.2, 0.25) is 0 Å². The van der Waals surface area contributed by atoms with Crippen LogP contribution in [0.3, 0.4) is 0 Å². The normalized spacial score (nSPS) is 16.8. The Balaban J connectivity index is 2.08. The first kappa shape index (κ1) is 12.4. The lowest BCUT2D eigenvalue weighted by Gasteiger charge is -2.28. The zero-order valence-electron chi connectivity index (χ0n) is 9.45. The number of halogens is 1. The van der Waals surface area contributed by atoms with Crippen molar-refractivity contribution in [2.45, 2.75) is 19.3 Å². The van der Waals surface area contributed by atoms with Crippen LogP contribution in [-0.4, -0.2) is 29.2 Å². The maximum Gasteiger partial charge on any atom is 0.335 e. The molecule has 92 valence electrons. The number of benzene rings is 1. The van der Waals surface area contributed by atoms with Crippen molar-refractivity contribution in [3.8, 4) is 0 Å². The summed E-state index contributed by atoms with van der Waals surface area (Å²) in [5, 5.41) is 11.0. The topological polar surface area (TPSA) is 52.6 Å². The second-order valence-corrected chi connectivity index (χ2v) is 5.01. The SMILES string of the molecule is O=C(O)c1ccc(NN2CCCCC2)c(Br)c1. The van der Waals surface area contributed by atoms with Crippen LogP contribution in [0.5, 0.6) is 0 Å². The van der Waals surface area contributed by atoms with Crippen LogP contribution in [-0.2, 0) is 0 Å². The number of hydrogen-bond acceptors (Lipinski definition) is 3. The molecule has 0 amide bonds. The summed E-state index contributed by atoms with van der Waals surface area (Å²) in [5.74, 6) is -0.907. The van der Waals surface area contributed by atoms with Crippen molar-refractivity contribution in [2.75, 3.05) is 18.5 Å². The monoisotopic (exact) mass is 298 g/mol. The van der Waals surface area contributed by atoms with Crippen LogP contribution in [0.25, 0.3) is 0 Å². The van der Waals surface area contributed by atoms with Gasteiger partial charge in [0.05, 0.1) is 11.3 Å². The summed E-state index contributed by atoms with van der Waals surface area (Å²) < 4.78 is 0.781. The molecule has 0 spiro atoms. The zero-order chi connectivity index (χ0) is 12.3. The number of rotatable bonds is 3. The maximum atomic E-state index is 10.8. The summed E-state index contributed by atoms with van der Waals surface area (Å²) >= 11 is 3.39. The second-order valence-electron chi connectivity index (χ2n) is 4.16. The van der Waals surface area contributed by atoms with E-state index in [2.05, 4.69) is 26.4 Å². The number of anilines is 1. The van der Waals surface area contributed by atoms with Crippen molar-refractivity contribution < 1.29 is 9.90 Å². The van der Waals surface area contributed by atoms with E-state index in [1.54, 1.807) is 18.2 Å². The summed E-state index contributed by atoms with van der Waals surface area (Å²) in [7, 11) is 0. The molecule has 0 unspecified atom stereocenters. The van der Waals surface area contributed by atoms with Gasteiger partial charge < -0.3 is 10.5 Å². The highest BCUT2D eigenvalue weighted by Crippen LogP contribution is 2.25. The van der Waals surface area contributed by atoms with Gasteiger partial charge in [-0.25, -0.2) is 9.80 Å². The maximum absolute atomic E-state index is 10.8. The van der Waals surface area contributed by atoms with Gasteiger partial charge in [0.1, 0.15) is 0 Å². The largest absolute Gasteiger partial charge is 0.478 e. The quantitative estimate of drug-likeness (QED) is 0.901. The molecule has 0 radical (unpaired) electrons. The summed E-state index contributed by atoms with van der Waals surface area (Å²) in [6, 6.07) is 5.02. The third-order valence-electron chi connectivity index (χ3n) is 2.85. The fourth-order valence-electron chi connectivity index (χ4n) is 1.91. The van der Waals surface area contributed by atoms with E-state index in [-0.39, 0.29) is 0 Å². The number of carboxylic acids is 1. The average molecular weight is 299 g/mol. The summed E-state index contributed by atoms with van der Waals surface area (Å²) in [5.41, 5.74) is 4.52. The summed E-state index contributed by atoms with van der Waals surface area (Å²) in [6.07, 6.45) is 3.70. The molecule has 1 aromatic rings.